The van der Waals surface area contributed by atoms with E-state index >= 15 is 0 Å². The highest BCUT2D eigenvalue weighted by Crippen LogP contribution is 2.31. The number of methoxy groups -OCH3 is 1. The van der Waals surface area contributed by atoms with Gasteiger partial charge in [0.25, 0.3) is 0 Å². The molecular formula is C30H47NO11. The number of hydrogen-bond donors (Lipinski definition) is 1. The third-order valence-electron chi connectivity index (χ3n) is 6.23. The minimum absolute atomic E-state index is 0.0869. The van der Waals surface area contributed by atoms with Gasteiger partial charge in [-0.05, 0) is 50.8 Å². The SMILES string of the molecule is CCCCCOC(=O)OCC[C@@](N)(Cc1ccc(OC(=O)O[C@@H](C)CCC)c(OC(=O)OC(C)CCC)c1)C(=O)OC. The first-order chi connectivity index (χ1) is 20.0. The molecule has 0 radical (unpaired) electrons. The highest BCUT2D eigenvalue weighted by Gasteiger charge is 2.36. The number of rotatable bonds is 18. The van der Waals surface area contributed by atoms with E-state index in [1.165, 1.54) is 19.2 Å². The lowest BCUT2D eigenvalue weighted by molar-refractivity contribution is -0.147. The molecule has 0 fully saturated rings. The molecule has 1 unspecified atom stereocenters. The number of ether oxygens (including phenoxy) is 7. The van der Waals surface area contributed by atoms with Gasteiger partial charge in [0.1, 0.15) is 17.7 Å². The van der Waals surface area contributed by atoms with Crippen molar-refractivity contribution in [2.75, 3.05) is 20.3 Å². The average Bonchev–Trinajstić information content (AvgIpc) is 2.92. The van der Waals surface area contributed by atoms with E-state index in [1.54, 1.807) is 19.9 Å². The molecule has 0 saturated heterocycles. The van der Waals surface area contributed by atoms with Gasteiger partial charge in [0.2, 0.25) is 0 Å². The molecule has 0 aliphatic rings. The van der Waals surface area contributed by atoms with Crippen LogP contribution >= 0.6 is 0 Å². The predicted molar refractivity (Wildman–Crippen MR) is 153 cm³/mol. The minimum atomic E-state index is -1.61. The smallest absolute Gasteiger partial charge is 0.468 e. The van der Waals surface area contributed by atoms with E-state index in [9.17, 15) is 19.2 Å². The fraction of sp³-hybridized carbons (Fsp3) is 0.667. The maximum Gasteiger partial charge on any atom is 0.514 e. The number of benzene rings is 1. The van der Waals surface area contributed by atoms with Crippen LogP contribution in [0.1, 0.15) is 91.5 Å². The number of carbonyl (C=O) groups excluding carboxylic acids is 4. The minimum Gasteiger partial charge on any atom is -0.468 e. The van der Waals surface area contributed by atoms with E-state index in [0.717, 1.165) is 32.1 Å². The second-order valence-corrected chi connectivity index (χ2v) is 10.1. The summed E-state index contributed by atoms with van der Waals surface area (Å²) in [5, 5.41) is 0. The summed E-state index contributed by atoms with van der Waals surface area (Å²) in [5.74, 6) is -0.978. The lowest BCUT2D eigenvalue weighted by atomic mass is 9.88. The molecule has 0 saturated carbocycles. The van der Waals surface area contributed by atoms with Crippen LogP contribution in [-0.4, -0.2) is 62.5 Å². The zero-order valence-electron chi connectivity index (χ0n) is 25.7. The highest BCUT2D eigenvalue weighted by molar-refractivity contribution is 5.81. The Morgan fingerprint density at radius 3 is 1.90 bits per heavy atom. The van der Waals surface area contributed by atoms with E-state index < -0.39 is 36.1 Å². The first kappa shape index (κ1) is 36.5. The molecule has 2 N–H and O–H groups in total. The largest absolute Gasteiger partial charge is 0.514 e. The van der Waals surface area contributed by atoms with Crippen molar-refractivity contribution in [2.24, 2.45) is 5.73 Å². The zero-order valence-corrected chi connectivity index (χ0v) is 25.7. The summed E-state index contributed by atoms with van der Waals surface area (Å²) in [6.07, 6.45) is 1.73. The number of nitrogens with two attached hydrogens (primary N) is 1. The Hall–Kier alpha value is -3.54. The molecule has 3 atom stereocenters. The fourth-order valence-corrected chi connectivity index (χ4v) is 4.01. The Balaban J connectivity index is 3.10. The summed E-state index contributed by atoms with van der Waals surface area (Å²) in [4.78, 5) is 49.4. The lowest BCUT2D eigenvalue weighted by Crippen LogP contribution is -2.51. The molecule has 0 aliphatic carbocycles. The number of carbonyl (C=O) groups is 4. The molecule has 0 spiro atoms. The average molecular weight is 598 g/mol. The Labute approximate surface area is 248 Å². The first-order valence-corrected chi connectivity index (χ1v) is 14.5. The van der Waals surface area contributed by atoms with Gasteiger partial charge in [-0.15, -0.1) is 0 Å². The molecule has 1 rings (SSSR count). The molecule has 1 aromatic rings. The van der Waals surface area contributed by atoms with E-state index in [4.69, 9.17) is 38.9 Å². The predicted octanol–water partition coefficient (Wildman–Crippen LogP) is 6.24. The molecule has 238 valence electrons. The van der Waals surface area contributed by atoms with Crippen molar-refractivity contribution in [3.8, 4) is 11.5 Å². The fourth-order valence-electron chi connectivity index (χ4n) is 4.01. The third-order valence-corrected chi connectivity index (χ3v) is 6.23. The molecule has 1 aromatic carbocycles. The van der Waals surface area contributed by atoms with Gasteiger partial charge in [0, 0.05) is 12.8 Å². The first-order valence-electron chi connectivity index (χ1n) is 14.5. The number of esters is 1. The third kappa shape index (κ3) is 13.9. The summed E-state index contributed by atoms with van der Waals surface area (Å²) >= 11 is 0. The van der Waals surface area contributed by atoms with Crippen LogP contribution in [0.3, 0.4) is 0 Å². The van der Waals surface area contributed by atoms with Crippen LogP contribution in [0.15, 0.2) is 18.2 Å². The van der Waals surface area contributed by atoms with Crippen molar-refractivity contribution >= 4 is 24.4 Å². The van der Waals surface area contributed by atoms with Crippen molar-refractivity contribution in [1.29, 1.82) is 0 Å². The Kier molecular flexibility index (Phi) is 17.0. The maximum absolute atomic E-state index is 12.7. The van der Waals surface area contributed by atoms with Gasteiger partial charge < -0.3 is 38.9 Å². The van der Waals surface area contributed by atoms with Gasteiger partial charge in [-0.3, -0.25) is 4.79 Å². The van der Waals surface area contributed by atoms with Gasteiger partial charge in [0.15, 0.2) is 11.5 Å². The van der Waals surface area contributed by atoms with Crippen LogP contribution in [0, 0.1) is 0 Å². The Morgan fingerprint density at radius 1 is 0.786 bits per heavy atom. The summed E-state index contributed by atoms with van der Waals surface area (Å²) < 4.78 is 36.2. The molecular weight excluding hydrogens is 550 g/mol. The van der Waals surface area contributed by atoms with Crippen LogP contribution in [-0.2, 0) is 34.9 Å². The number of unbranched alkanes of at least 4 members (excludes halogenated alkanes) is 2. The normalized spacial score (nSPS) is 13.6. The van der Waals surface area contributed by atoms with Crippen LogP contribution in [0.2, 0.25) is 0 Å². The monoisotopic (exact) mass is 597 g/mol. The molecule has 12 heteroatoms. The summed E-state index contributed by atoms with van der Waals surface area (Å²) in [7, 11) is 1.19. The van der Waals surface area contributed by atoms with E-state index in [0.29, 0.717) is 18.4 Å². The van der Waals surface area contributed by atoms with Crippen molar-refractivity contribution in [3.63, 3.8) is 0 Å². The molecule has 0 bridgehead atoms. The Morgan fingerprint density at radius 2 is 1.36 bits per heavy atom. The van der Waals surface area contributed by atoms with E-state index in [2.05, 4.69) is 0 Å². The van der Waals surface area contributed by atoms with Crippen LogP contribution < -0.4 is 15.2 Å². The molecule has 0 aromatic heterocycles. The second-order valence-electron chi connectivity index (χ2n) is 10.1. The van der Waals surface area contributed by atoms with Crippen LogP contribution in [0.4, 0.5) is 14.4 Å². The van der Waals surface area contributed by atoms with Crippen LogP contribution in [0.5, 0.6) is 11.5 Å². The van der Waals surface area contributed by atoms with Gasteiger partial charge in [-0.2, -0.15) is 0 Å². The molecule has 12 nitrogen and oxygen atoms in total. The summed E-state index contributed by atoms with van der Waals surface area (Å²) in [6, 6.07) is 4.33. The highest BCUT2D eigenvalue weighted by atomic mass is 16.8. The van der Waals surface area contributed by atoms with Crippen molar-refractivity contribution in [3.05, 3.63) is 23.8 Å². The van der Waals surface area contributed by atoms with E-state index in [-0.39, 0.29) is 43.7 Å². The van der Waals surface area contributed by atoms with E-state index in [1.807, 2.05) is 20.8 Å². The zero-order chi connectivity index (χ0) is 31.5. The Bertz CT molecular complexity index is 999. The quantitative estimate of drug-likeness (QED) is 0.0879. The van der Waals surface area contributed by atoms with Gasteiger partial charge in [0.05, 0.1) is 20.3 Å². The van der Waals surface area contributed by atoms with Crippen molar-refractivity contribution < 1.29 is 52.3 Å². The van der Waals surface area contributed by atoms with Gasteiger partial charge >= 0.3 is 24.4 Å². The van der Waals surface area contributed by atoms with Gasteiger partial charge in [-0.25, -0.2) is 14.4 Å². The van der Waals surface area contributed by atoms with Crippen molar-refractivity contribution in [1.82, 2.24) is 0 Å². The lowest BCUT2D eigenvalue weighted by Gasteiger charge is -2.26. The standard InChI is InChI=1S/C30H47NO11/c1-7-10-11-17-37-27(33)38-18-16-30(31,26(32)36-6)20-23-14-15-24(41-28(34)39-21(4)12-8-2)25(19-23)42-29(35)40-22(5)13-9-3/h14-15,19,21-22H,7-13,16-18,20,31H2,1-6H3/t21-,22?,30+/m0/s1. The summed E-state index contributed by atoms with van der Waals surface area (Å²) in [5.41, 5.74) is 5.25. The molecule has 42 heavy (non-hydrogen) atoms. The maximum atomic E-state index is 12.7. The van der Waals surface area contributed by atoms with Crippen molar-refractivity contribution in [2.45, 2.75) is 110 Å². The summed E-state index contributed by atoms with van der Waals surface area (Å²) in [6.45, 7) is 9.44. The second kappa shape index (κ2) is 19.6. The molecule has 0 heterocycles. The molecule has 0 amide bonds. The number of hydrogen-bond acceptors (Lipinski definition) is 12. The topological polar surface area (TPSA) is 159 Å². The van der Waals surface area contributed by atoms with Gasteiger partial charge in [-0.1, -0.05) is 52.5 Å². The molecule has 0 aliphatic heterocycles. The van der Waals surface area contributed by atoms with Crippen LogP contribution in [0.25, 0.3) is 0 Å².